The molecule has 28 heavy (non-hydrogen) atoms. The Hall–Kier alpha value is -3.67. The summed E-state index contributed by atoms with van der Waals surface area (Å²) in [6.07, 6.45) is 3.41. The molecule has 0 radical (unpaired) electrons. The topological polar surface area (TPSA) is 71.8 Å². The summed E-state index contributed by atoms with van der Waals surface area (Å²) in [6, 6.07) is 17.4. The lowest BCUT2D eigenvalue weighted by Gasteiger charge is -2.08. The summed E-state index contributed by atoms with van der Waals surface area (Å²) >= 11 is 0. The standard InChI is InChI=1S/C22H21N5O/c1-15-4-3-5-19-20(15)21(26-27(19)2)17-6-8-18(9-7-17)25-22(28)24-14-16-10-12-23-13-11-16/h3-13H,14H2,1-2H3,(H2,24,25,28). The number of anilines is 1. The van der Waals surface area contributed by atoms with Crippen LogP contribution in [0.15, 0.2) is 67.0 Å². The number of pyridine rings is 1. The van der Waals surface area contributed by atoms with Crippen LogP contribution in [-0.4, -0.2) is 20.8 Å². The monoisotopic (exact) mass is 371 g/mol. The first kappa shape index (κ1) is 17.7. The minimum absolute atomic E-state index is 0.247. The highest BCUT2D eigenvalue weighted by atomic mass is 16.2. The van der Waals surface area contributed by atoms with Gasteiger partial charge in [-0.05, 0) is 48.4 Å². The lowest BCUT2D eigenvalue weighted by Crippen LogP contribution is -2.28. The van der Waals surface area contributed by atoms with Crippen LogP contribution in [0, 0.1) is 6.92 Å². The van der Waals surface area contributed by atoms with E-state index in [4.69, 9.17) is 0 Å². The molecular formula is C22H21N5O. The molecule has 140 valence electrons. The largest absolute Gasteiger partial charge is 0.334 e. The molecule has 6 heteroatoms. The van der Waals surface area contributed by atoms with Gasteiger partial charge in [0.25, 0.3) is 0 Å². The summed E-state index contributed by atoms with van der Waals surface area (Å²) in [5, 5.41) is 11.5. The second-order valence-electron chi connectivity index (χ2n) is 6.68. The number of rotatable bonds is 4. The zero-order valence-corrected chi connectivity index (χ0v) is 15.8. The number of aryl methyl sites for hydroxylation is 2. The molecule has 0 unspecified atom stereocenters. The average molecular weight is 371 g/mol. The van der Waals surface area contributed by atoms with Gasteiger partial charge in [-0.25, -0.2) is 4.79 Å². The fourth-order valence-electron chi connectivity index (χ4n) is 3.26. The highest BCUT2D eigenvalue weighted by Crippen LogP contribution is 2.30. The van der Waals surface area contributed by atoms with E-state index in [0.717, 1.165) is 33.4 Å². The molecule has 0 spiro atoms. The summed E-state index contributed by atoms with van der Waals surface area (Å²) in [4.78, 5) is 16.1. The Morgan fingerprint density at radius 3 is 2.54 bits per heavy atom. The number of fused-ring (bicyclic) bond motifs is 1. The number of hydrogen-bond acceptors (Lipinski definition) is 3. The van der Waals surface area contributed by atoms with E-state index in [1.807, 2.05) is 54.2 Å². The number of aromatic nitrogens is 3. The quantitative estimate of drug-likeness (QED) is 0.563. The summed E-state index contributed by atoms with van der Waals surface area (Å²) < 4.78 is 1.90. The smallest absolute Gasteiger partial charge is 0.319 e. The van der Waals surface area contributed by atoms with Crippen LogP contribution < -0.4 is 10.6 Å². The van der Waals surface area contributed by atoms with Crippen molar-refractivity contribution in [2.24, 2.45) is 7.05 Å². The van der Waals surface area contributed by atoms with E-state index in [1.54, 1.807) is 12.4 Å². The molecule has 0 bridgehead atoms. The molecule has 2 heterocycles. The van der Waals surface area contributed by atoms with Crippen LogP contribution in [0.4, 0.5) is 10.5 Å². The Bertz CT molecular complexity index is 1120. The Morgan fingerprint density at radius 1 is 1.04 bits per heavy atom. The van der Waals surface area contributed by atoms with Gasteiger partial charge in [-0.2, -0.15) is 5.10 Å². The fraction of sp³-hybridized carbons (Fsp3) is 0.136. The number of carbonyl (C=O) groups is 1. The molecule has 4 aromatic rings. The van der Waals surface area contributed by atoms with E-state index in [0.29, 0.717) is 6.54 Å². The van der Waals surface area contributed by atoms with Gasteiger partial charge in [-0.3, -0.25) is 9.67 Å². The number of amides is 2. The molecule has 0 aliphatic rings. The Balaban J connectivity index is 1.48. The SMILES string of the molecule is Cc1cccc2c1c(-c1ccc(NC(=O)NCc3ccncc3)cc1)nn2C. The third kappa shape index (κ3) is 3.57. The fourth-order valence-corrected chi connectivity index (χ4v) is 3.26. The van der Waals surface area contributed by atoms with Crippen molar-refractivity contribution in [2.75, 3.05) is 5.32 Å². The van der Waals surface area contributed by atoms with E-state index in [9.17, 15) is 4.79 Å². The van der Waals surface area contributed by atoms with Crippen molar-refractivity contribution in [2.45, 2.75) is 13.5 Å². The molecule has 2 aromatic heterocycles. The van der Waals surface area contributed by atoms with Gasteiger partial charge in [0.05, 0.1) is 5.52 Å². The molecule has 0 aliphatic carbocycles. The van der Waals surface area contributed by atoms with Crippen LogP contribution in [0.1, 0.15) is 11.1 Å². The van der Waals surface area contributed by atoms with Crippen molar-refractivity contribution < 1.29 is 4.79 Å². The minimum Gasteiger partial charge on any atom is -0.334 e. The Morgan fingerprint density at radius 2 is 1.79 bits per heavy atom. The van der Waals surface area contributed by atoms with Crippen molar-refractivity contribution in [3.05, 3.63) is 78.1 Å². The van der Waals surface area contributed by atoms with E-state index in [1.165, 1.54) is 5.56 Å². The van der Waals surface area contributed by atoms with Gasteiger partial charge in [-0.1, -0.05) is 24.3 Å². The number of urea groups is 1. The summed E-state index contributed by atoms with van der Waals surface area (Å²) in [5.74, 6) is 0. The molecule has 0 atom stereocenters. The van der Waals surface area contributed by atoms with Crippen LogP contribution in [0.3, 0.4) is 0 Å². The van der Waals surface area contributed by atoms with Gasteiger partial charge in [0.2, 0.25) is 0 Å². The average Bonchev–Trinajstić information content (AvgIpc) is 3.06. The molecule has 2 N–H and O–H groups in total. The second-order valence-corrected chi connectivity index (χ2v) is 6.68. The van der Waals surface area contributed by atoms with E-state index >= 15 is 0 Å². The van der Waals surface area contributed by atoms with Gasteiger partial charge < -0.3 is 10.6 Å². The molecular weight excluding hydrogens is 350 g/mol. The predicted octanol–water partition coefficient (Wildman–Crippen LogP) is 4.27. The molecule has 0 fully saturated rings. The highest BCUT2D eigenvalue weighted by Gasteiger charge is 2.12. The van der Waals surface area contributed by atoms with Crippen LogP contribution in [0.25, 0.3) is 22.2 Å². The first-order valence-electron chi connectivity index (χ1n) is 9.08. The summed E-state index contributed by atoms with van der Waals surface area (Å²) in [5.41, 5.74) is 5.99. The maximum atomic E-state index is 12.1. The van der Waals surface area contributed by atoms with Gasteiger partial charge in [0.15, 0.2) is 0 Å². The van der Waals surface area contributed by atoms with Gasteiger partial charge >= 0.3 is 6.03 Å². The van der Waals surface area contributed by atoms with Gasteiger partial charge in [0, 0.05) is 42.6 Å². The molecule has 0 saturated carbocycles. The van der Waals surface area contributed by atoms with Crippen LogP contribution in [-0.2, 0) is 13.6 Å². The zero-order chi connectivity index (χ0) is 19.5. The van der Waals surface area contributed by atoms with Gasteiger partial charge in [-0.15, -0.1) is 0 Å². The zero-order valence-electron chi connectivity index (χ0n) is 15.8. The maximum absolute atomic E-state index is 12.1. The molecule has 2 amide bonds. The maximum Gasteiger partial charge on any atom is 0.319 e. The van der Waals surface area contributed by atoms with Crippen LogP contribution in [0.5, 0.6) is 0 Å². The van der Waals surface area contributed by atoms with E-state index < -0.39 is 0 Å². The Kier molecular flexibility index (Phi) is 4.76. The van der Waals surface area contributed by atoms with Crippen molar-refractivity contribution in [1.82, 2.24) is 20.1 Å². The van der Waals surface area contributed by atoms with Crippen LogP contribution >= 0.6 is 0 Å². The Labute approximate surface area is 163 Å². The van der Waals surface area contributed by atoms with Crippen molar-refractivity contribution >= 4 is 22.6 Å². The highest BCUT2D eigenvalue weighted by molar-refractivity contribution is 5.96. The lowest BCUT2D eigenvalue weighted by molar-refractivity contribution is 0.251. The molecule has 0 aliphatic heterocycles. The van der Waals surface area contributed by atoms with Gasteiger partial charge in [0.1, 0.15) is 5.69 Å². The van der Waals surface area contributed by atoms with E-state index in [2.05, 4.69) is 39.8 Å². The number of benzene rings is 2. The predicted molar refractivity (Wildman–Crippen MR) is 111 cm³/mol. The number of nitrogens with zero attached hydrogens (tertiary/aromatic N) is 3. The number of carbonyl (C=O) groups excluding carboxylic acids is 1. The minimum atomic E-state index is -0.247. The number of nitrogens with one attached hydrogen (secondary N) is 2. The third-order valence-corrected chi connectivity index (χ3v) is 4.70. The number of hydrogen-bond donors (Lipinski definition) is 2. The van der Waals surface area contributed by atoms with E-state index in [-0.39, 0.29) is 6.03 Å². The molecule has 6 nitrogen and oxygen atoms in total. The first-order valence-corrected chi connectivity index (χ1v) is 9.08. The normalized spacial score (nSPS) is 10.8. The molecule has 0 saturated heterocycles. The summed E-state index contributed by atoms with van der Waals surface area (Å²) in [6.45, 7) is 2.54. The molecule has 2 aromatic carbocycles. The second kappa shape index (κ2) is 7.52. The summed E-state index contributed by atoms with van der Waals surface area (Å²) in [7, 11) is 1.95. The third-order valence-electron chi connectivity index (χ3n) is 4.70. The first-order chi connectivity index (χ1) is 13.6. The van der Waals surface area contributed by atoms with Crippen molar-refractivity contribution in [3.63, 3.8) is 0 Å². The van der Waals surface area contributed by atoms with Crippen molar-refractivity contribution in [1.29, 1.82) is 0 Å². The molecule has 4 rings (SSSR count). The lowest BCUT2D eigenvalue weighted by atomic mass is 10.0. The van der Waals surface area contributed by atoms with Crippen LogP contribution in [0.2, 0.25) is 0 Å². The van der Waals surface area contributed by atoms with Crippen molar-refractivity contribution in [3.8, 4) is 11.3 Å².